The van der Waals surface area contributed by atoms with E-state index in [2.05, 4.69) is 14.9 Å². The molecule has 1 amide bonds. The Hall–Kier alpha value is -3.93. The SMILES string of the molecule is O=C(c1ccccc1OC(F)F)N1CCN(Cc2nc(-c3cccc([N+](=O)[O-])c3)no2)CC1. The molecular formula is C21H19F2N5O5. The molecule has 2 aromatic carbocycles. The Balaban J connectivity index is 1.36. The molecular weight excluding hydrogens is 440 g/mol. The van der Waals surface area contributed by atoms with Gasteiger partial charge in [-0.15, -0.1) is 0 Å². The summed E-state index contributed by atoms with van der Waals surface area (Å²) in [5, 5.41) is 14.8. The van der Waals surface area contributed by atoms with Crippen molar-refractivity contribution in [2.24, 2.45) is 0 Å². The number of rotatable bonds is 7. The summed E-state index contributed by atoms with van der Waals surface area (Å²) in [6, 6.07) is 11.9. The maximum absolute atomic E-state index is 12.8. The lowest BCUT2D eigenvalue weighted by Crippen LogP contribution is -2.48. The molecule has 1 aliphatic heterocycles. The van der Waals surface area contributed by atoms with E-state index in [-0.39, 0.29) is 28.7 Å². The molecule has 33 heavy (non-hydrogen) atoms. The van der Waals surface area contributed by atoms with Crippen molar-refractivity contribution in [2.75, 3.05) is 26.2 Å². The summed E-state index contributed by atoms with van der Waals surface area (Å²) in [6.07, 6.45) is 0. The topological polar surface area (TPSA) is 115 Å². The van der Waals surface area contributed by atoms with Gasteiger partial charge in [0.15, 0.2) is 0 Å². The van der Waals surface area contributed by atoms with Crippen LogP contribution in [0, 0.1) is 10.1 Å². The molecule has 10 nitrogen and oxygen atoms in total. The average molecular weight is 459 g/mol. The second-order valence-corrected chi connectivity index (χ2v) is 7.26. The molecule has 1 aromatic heterocycles. The maximum Gasteiger partial charge on any atom is 0.387 e. The molecule has 1 aliphatic rings. The smallest absolute Gasteiger partial charge is 0.387 e. The second kappa shape index (κ2) is 9.69. The quantitative estimate of drug-likeness (QED) is 0.391. The van der Waals surface area contributed by atoms with Crippen LogP contribution in [0.4, 0.5) is 14.5 Å². The number of hydrogen-bond acceptors (Lipinski definition) is 8. The van der Waals surface area contributed by atoms with Gasteiger partial charge in [-0.05, 0) is 12.1 Å². The number of hydrogen-bond donors (Lipinski definition) is 0. The number of benzene rings is 2. The molecule has 0 atom stereocenters. The zero-order valence-electron chi connectivity index (χ0n) is 17.3. The third-order valence-electron chi connectivity index (χ3n) is 5.14. The summed E-state index contributed by atoms with van der Waals surface area (Å²) in [5.74, 6) is 0.0567. The Morgan fingerprint density at radius 1 is 1.15 bits per heavy atom. The number of aromatic nitrogens is 2. The number of nitrogens with zero attached hydrogens (tertiary/aromatic N) is 5. The summed E-state index contributed by atoms with van der Waals surface area (Å²) in [4.78, 5) is 31.1. The Morgan fingerprint density at radius 2 is 1.91 bits per heavy atom. The van der Waals surface area contributed by atoms with Gasteiger partial charge in [0.25, 0.3) is 11.6 Å². The summed E-state index contributed by atoms with van der Waals surface area (Å²) in [6.45, 7) is -0.885. The van der Waals surface area contributed by atoms with Gasteiger partial charge in [-0.25, -0.2) is 0 Å². The van der Waals surface area contributed by atoms with Gasteiger partial charge < -0.3 is 14.2 Å². The van der Waals surface area contributed by atoms with E-state index in [1.807, 2.05) is 4.90 Å². The van der Waals surface area contributed by atoms with E-state index in [4.69, 9.17) is 4.52 Å². The van der Waals surface area contributed by atoms with Gasteiger partial charge in [0.05, 0.1) is 17.0 Å². The normalized spacial score (nSPS) is 14.5. The zero-order chi connectivity index (χ0) is 23.4. The number of non-ortho nitro benzene ring substituents is 1. The predicted molar refractivity (Wildman–Crippen MR) is 111 cm³/mol. The summed E-state index contributed by atoms with van der Waals surface area (Å²) < 4.78 is 35.0. The van der Waals surface area contributed by atoms with Crippen molar-refractivity contribution in [3.63, 3.8) is 0 Å². The van der Waals surface area contributed by atoms with Gasteiger partial charge >= 0.3 is 6.61 Å². The highest BCUT2D eigenvalue weighted by molar-refractivity contribution is 5.97. The number of carbonyl (C=O) groups excluding carboxylic acids is 1. The molecule has 0 N–H and O–H groups in total. The number of nitro benzene ring substituents is 1. The highest BCUT2D eigenvalue weighted by atomic mass is 19.3. The predicted octanol–water partition coefficient (Wildman–Crippen LogP) is 3.20. The highest BCUT2D eigenvalue weighted by Crippen LogP contribution is 2.24. The lowest BCUT2D eigenvalue weighted by Gasteiger charge is -2.34. The molecule has 0 aliphatic carbocycles. The number of ether oxygens (including phenoxy) is 1. The minimum absolute atomic E-state index is 0.0693. The number of piperazine rings is 1. The standard InChI is InChI=1S/C21H19F2N5O5/c22-21(23)32-17-7-2-1-6-16(17)20(29)27-10-8-26(9-11-27)13-18-24-19(25-33-18)14-4-3-5-15(12-14)28(30)31/h1-7,12,21H,8-11,13H2. The Bertz CT molecular complexity index is 1150. The number of halogens is 2. The largest absolute Gasteiger partial charge is 0.434 e. The minimum atomic E-state index is -3.02. The van der Waals surface area contributed by atoms with Gasteiger partial charge in [-0.2, -0.15) is 13.8 Å². The van der Waals surface area contributed by atoms with Crippen LogP contribution in [-0.4, -0.2) is 63.6 Å². The third kappa shape index (κ3) is 5.29. The number of alkyl halides is 2. The number of para-hydroxylation sites is 1. The van der Waals surface area contributed by atoms with Crippen molar-refractivity contribution >= 4 is 11.6 Å². The van der Waals surface area contributed by atoms with Crippen molar-refractivity contribution < 1.29 is 27.8 Å². The summed E-state index contributed by atoms with van der Waals surface area (Å²) in [5.41, 5.74) is 0.490. The first-order valence-corrected chi connectivity index (χ1v) is 10.0. The molecule has 1 saturated heterocycles. The van der Waals surface area contributed by atoms with Gasteiger partial charge in [0, 0.05) is 43.9 Å². The van der Waals surface area contributed by atoms with Crippen LogP contribution in [0.25, 0.3) is 11.4 Å². The van der Waals surface area contributed by atoms with Gasteiger partial charge in [-0.3, -0.25) is 19.8 Å². The van der Waals surface area contributed by atoms with E-state index in [9.17, 15) is 23.7 Å². The highest BCUT2D eigenvalue weighted by Gasteiger charge is 2.26. The molecule has 1 fully saturated rings. The van der Waals surface area contributed by atoms with E-state index < -0.39 is 11.5 Å². The summed E-state index contributed by atoms with van der Waals surface area (Å²) >= 11 is 0. The van der Waals surface area contributed by atoms with Crippen molar-refractivity contribution in [1.82, 2.24) is 19.9 Å². The Kier molecular flexibility index (Phi) is 6.54. The van der Waals surface area contributed by atoms with Crippen molar-refractivity contribution in [3.05, 3.63) is 70.1 Å². The second-order valence-electron chi connectivity index (χ2n) is 7.26. The van der Waals surface area contributed by atoms with E-state index in [0.717, 1.165) is 0 Å². The first-order chi connectivity index (χ1) is 15.9. The Morgan fingerprint density at radius 3 is 2.64 bits per heavy atom. The first kappa shape index (κ1) is 22.3. The van der Waals surface area contributed by atoms with Crippen LogP contribution in [0.3, 0.4) is 0 Å². The fourth-order valence-corrected chi connectivity index (χ4v) is 3.51. The van der Waals surface area contributed by atoms with Crippen LogP contribution in [-0.2, 0) is 6.54 Å². The lowest BCUT2D eigenvalue weighted by atomic mass is 10.1. The minimum Gasteiger partial charge on any atom is -0.434 e. The average Bonchev–Trinajstić information content (AvgIpc) is 3.28. The molecule has 4 rings (SSSR count). The molecule has 172 valence electrons. The molecule has 0 saturated carbocycles. The number of nitro groups is 1. The first-order valence-electron chi connectivity index (χ1n) is 10.0. The molecule has 0 unspecified atom stereocenters. The molecule has 3 aromatic rings. The van der Waals surface area contributed by atoms with Crippen LogP contribution in [0.5, 0.6) is 5.75 Å². The van der Waals surface area contributed by atoms with Gasteiger partial charge in [0.2, 0.25) is 11.7 Å². The van der Waals surface area contributed by atoms with E-state index >= 15 is 0 Å². The molecule has 0 spiro atoms. The zero-order valence-corrected chi connectivity index (χ0v) is 17.3. The molecule has 0 radical (unpaired) electrons. The van der Waals surface area contributed by atoms with Crippen LogP contribution in [0.1, 0.15) is 16.2 Å². The van der Waals surface area contributed by atoms with Crippen molar-refractivity contribution in [1.29, 1.82) is 0 Å². The maximum atomic E-state index is 12.8. The Labute approximate surface area is 186 Å². The van der Waals surface area contributed by atoms with Gasteiger partial charge in [0.1, 0.15) is 5.75 Å². The third-order valence-corrected chi connectivity index (χ3v) is 5.14. The van der Waals surface area contributed by atoms with Gasteiger partial charge in [-0.1, -0.05) is 29.4 Å². The van der Waals surface area contributed by atoms with Crippen molar-refractivity contribution in [2.45, 2.75) is 13.2 Å². The molecule has 12 heteroatoms. The van der Waals surface area contributed by atoms with Crippen LogP contribution in [0.15, 0.2) is 53.1 Å². The van der Waals surface area contributed by atoms with E-state index in [0.29, 0.717) is 44.2 Å². The number of carbonyl (C=O) groups is 1. The van der Waals surface area contributed by atoms with Crippen LogP contribution < -0.4 is 4.74 Å². The molecule has 0 bridgehead atoms. The van der Waals surface area contributed by atoms with Crippen LogP contribution >= 0.6 is 0 Å². The lowest BCUT2D eigenvalue weighted by molar-refractivity contribution is -0.384. The van der Waals surface area contributed by atoms with Crippen molar-refractivity contribution in [3.8, 4) is 17.1 Å². The van der Waals surface area contributed by atoms with E-state index in [1.165, 1.54) is 30.3 Å². The molecule has 2 heterocycles. The monoisotopic (exact) mass is 459 g/mol. The number of amides is 1. The van der Waals surface area contributed by atoms with Crippen LogP contribution in [0.2, 0.25) is 0 Å². The fourth-order valence-electron chi connectivity index (χ4n) is 3.51. The fraction of sp³-hybridized carbons (Fsp3) is 0.286. The summed E-state index contributed by atoms with van der Waals surface area (Å²) in [7, 11) is 0. The van der Waals surface area contributed by atoms with E-state index in [1.54, 1.807) is 23.1 Å².